The van der Waals surface area contributed by atoms with E-state index in [9.17, 15) is 4.79 Å². The minimum absolute atomic E-state index is 0.287. The van der Waals surface area contributed by atoms with Crippen LogP contribution in [0.25, 0.3) is 0 Å². The third kappa shape index (κ3) is 5.04. The van der Waals surface area contributed by atoms with E-state index in [4.69, 9.17) is 19.9 Å². The Morgan fingerprint density at radius 1 is 0.960 bits per heavy atom. The van der Waals surface area contributed by atoms with Crippen LogP contribution in [0.5, 0.6) is 17.2 Å². The Bertz CT molecular complexity index is 689. The van der Waals surface area contributed by atoms with Crippen molar-refractivity contribution in [3.8, 4) is 17.2 Å². The molecule has 0 unspecified atom stereocenters. The lowest BCUT2D eigenvalue weighted by Gasteiger charge is -2.15. The van der Waals surface area contributed by atoms with Crippen molar-refractivity contribution in [2.75, 3.05) is 26.6 Å². The zero-order valence-corrected chi connectivity index (χ0v) is 14.8. The Kier molecular flexibility index (Phi) is 6.51. The highest BCUT2D eigenvalue weighted by atomic mass is 16.5. The second-order valence-corrected chi connectivity index (χ2v) is 5.55. The summed E-state index contributed by atoms with van der Waals surface area (Å²) in [7, 11) is 4.77. The van der Waals surface area contributed by atoms with Crippen LogP contribution in [-0.4, -0.2) is 27.2 Å². The van der Waals surface area contributed by atoms with E-state index in [0.717, 1.165) is 16.8 Å². The molecule has 2 rings (SSSR count). The van der Waals surface area contributed by atoms with E-state index in [1.54, 1.807) is 21.3 Å². The van der Waals surface area contributed by atoms with Crippen LogP contribution in [0.2, 0.25) is 0 Å². The Hall–Kier alpha value is -2.89. The fourth-order valence-corrected chi connectivity index (χ4v) is 2.50. The van der Waals surface area contributed by atoms with Crippen molar-refractivity contribution in [2.45, 2.75) is 19.4 Å². The van der Waals surface area contributed by atoms with E-state index in [1.165, 1.54) is 0 Å². The third-order valence-corrected chi connectivity index (χ3v) is 3.84. The predicted molar refractivity (Wildman–Crippen MR) is 97.4 cm³/mol. The number of methoxy groups -OCH3 is 3. The van der Waals surface area contributed by atoms with Crippen LogP contribution in [0.4, 0.5) is 5.69 Å². The molecular formula is C19H24N2O4. The van der Waals surface area contributed by atoms with Gasteiger partial charge < -0.3 is 25.3 Å². The first-order valence-corrected chi connectivity index (χ1v) is 7.97. The number of carbonyl (C=O) groups excluding carboxylic acids is 1. The Labute approximate surface area is 147 Å². The molecule has 0 fully saturated rings. The number of anilines is 1. The summed E-state index contributed by atoms with van der Waals surface area (Å²) in [6.45, 7) is 0.608. The Morgan fingerprint density at radius 2 is 1.56 bits per heavy atom. The van der Waals surface area contributed by atoms with Gasteiger partial charge in [0.15, 0.2) is 11.5 Å². The lowest BCUT2D eigenvalue weighted by molar-refractivity contribution is -0.117. The number of nitrogens with one attached hydrogen (secondary N) is 1. The summed E-state index contributed by atoms with van der Waals surface area (Å²) in [5, 5.41) is 3.35. The highest BCUT2D eigenvalue weighted by Crippen LogP contribution is 2.38. The molecule has 0 aliphatic heterocycles. The van der Waals surface area contributed by atoms with Crippen LogP contribution in [0.1, 0.15) is 17.5 Å². The normalized spacial score (nSPS) is 10.2. The molecule has 0 heterocycles. The number of aryl methyl sites for hydroxylation is 1. The molecule has 0 aromatic heterocycles. The number of primary amides is 1. The molecule has 6 heteroatoms. The third-order valence-electron chi connectivity index (χ3n) is 3.84. The van der Waals surface area contributed by atoms with Crippen LogP contribution in [0.15, 0.2) is 36.4 Å². The molecule has 25 heavy (non-hydrogen) atoms. The molecule has 0 bridgehead atoms. The van der Waals surface area contributed by atoms with E-state index in [1.807, 2.05) is 36.4 Å². The lowest BCUT2D eigenvalue weighted by Crippen LogP contribution is -2.11. The smallest absolute Gasteiger partial charge is 0.217 e. The maximum atomic E-state index is 10.8. The molecule has 134 valence electrons. The molecule has 6 nitrogen and oxygen atoms in total. The van der Waals surface area contributed by atoms with Gasteiger partial charge in [-0.25, -0.2) is 0 Å². The Morgan fingerprint density at radius 3 is 2.04 bits per heavy atom. The topological polar surface area (TPSA) is 82.8 Å². The summed E-state index contributed by atoms with van der Waals surface area (Å²) in [6, 6.07) is 11.8. The standard InChI is InChI=1S/C19H24N2O4/c1-23-16-10-14(11-17(24-2)19(16)25-3)12-21-15-7-4-13(5-8-15)6-9-18(20)22/h4-5,7-8,10-11,21H,6,9,12H2,1-3H3,(H2,20,22). The molecule has 3 N–H and O–H groups in total. The number of benzene rings is 2. The van der Waals surface area contributed by atoms with Crippen molar-refractivity contribution in [2.24, 2.45) is 5.73 Å². The summed E-state index contributed by atoms with van der Waals surface area (Å²) in [5.74, 6) is 1.54. The summed E-state index contributed by atoms with van der Waals surface area (Å²) >= 11 is 0. The van der Waals surface area contributed by atoms with Gasteiger partial charge in [0.1, 0.15) is 0 Å². The van der Waals surface area contributed by atoms with Gasteiger partial charge in [0.2, 0.25) is 11.7 Å². The highest BCUT2D eigenvalue weighted by Gasteiger charge is 2.13. The van der Waals surface area contributed by atoms with Gasteiger partial charge in [0.25, 0.3) is 0 Å². The fraction of sp³-hybridized carbons (Fsp3) is 0.316. The van der Waals surface area contributed by atoms with Crippen molar-refractivity contribution >= 4 is 11.6 Å². The minimum atomic E-state index is -0.287. The molecule has 0 aliphatic carbocycles. The quantitative estimate of drug-likeness (QED) is 0.731. The van der Waals surface area contributed by atoms with Gasteiger partial charge >= 0.3 is 0 Å². The maximum Gasteiger partial charge on any atom is 0.217 e. The first-order chi connectivity index (χ1) is 12.1. The number of amides is 1. The van der Waals surface area contributed by atoms with Crippen LogP contribution < -0.4 is 25.3 Å². The number of nitrogens with two attached hydrogens (primary N) is 1. The highest BCUT2D eigenvalue weighted by molar-refractivity contribution is 5.74. The molecule has 2 aromatic rings. The van der Waals surface area contributed by atoms with Gasteiger partial charge in [-0.3, -0.25) is 4.79 Å². The molecule has 2 aromatic carbocycles. The van der Waals surface area contributed by atoms with Crippen molar-refractivity contribution in [3.63, 3.8) is 0 Å². The Balaban J connectivity index is 2.04. The van der Waals surface area contributed by atoms with Crippen LogP contribution in [0, 0.1) is 0 Å². The molecule has 0 spiro atoms. The minimum Gasteiger partial charge on any atom is -0.493 e. The van der Waals surface area contributed by atoms with Gasteiger partial charge in [-0.2, -0.15) is 0 Å². The molecule has 0 aliphatic rings. The summed E-state index contributed by atoms with van der Waals surface area (Å²) < 4.78 is 16.1. The maximum absolute atomic E-state index is 10.8. The van der Waals surface area contributed by atoms with E-state index in [2.05, 4.69) is 5.32 Å². The summed E-state index contributed by atoms with van der Waals surface area (Å²) in [5.41, 5.74) is 8.24. The SMILES string of the molecule is COc1cc(CNc2ccc(CCC(N)=O)cc2)cc(OC)c1OC. The molecule has 0 atom stereocenters. The molecule has 0 saturated heterocycles. The van der Waals surface area contributed by atoms with Gasteiger partial charge in [0.05, 0.1) is 21.3 Å². The summed E-state index contributed by atoms with van der Waals surface area (Å²) in [6.07, 6.45) is 1.01. The van der Waals surface area contributed by atoms with E-state index >= 15 is 0 Å². The number of carbonyl (C=O) groups is 1. The van der Waals surface area contributed by atoms with Gasteiger partial charge in [-0.1, -0.05) is 12.1 Å². The van der Waals surface area contributed by atoms with Crippen molar-refractivity contribution in [3.05, 3.63) is 47.5 Å². The monoisotopic (exact) mass is 344 g/mol. The zero-order chi connectivity index (χ0) is 18.2. The van der Waals surface area contributed by atoms with Crippen molar-refractivity contribution < 1.29 is 19.0 Å². The number of ether oxygens (including phenoxy) is 3. The van der Waals surface area contributed by atoms with Gasteiger partial charge in [-0.15, -0.1) is 0 Å². The average Bonchev–Trinajstić information content (AvgIpc) is 2.64. The molecule has 1 amide bonds. The first kappa shape index (κ1) is 18.4. The van der Waals surface area contributed by atoms with Crippen molar-refractivity contribution in [1.29, 1.82) is 0 Å². The van der Waals surface area contributed by atoms with Gasteiger partial charge in [0, 0.05) is 18.7 Å². The van der Waals surface area contributed by atoms with Gasteiger partial charge in [-0.05, 0) is 41.8 Å². The average molecular weight is 344 g/mol. The van der Waals surface area contributed by atoms with E-state index in [0.29, 0.717) is 36.6 Å². The molecular weight excluding hydrogens is 320 g/mol. The van der Waals surface area contributed by atoms with E-state index < -0.39 is 0 Å². The largest absolute Gasteiger partial charge is 0.493 e. The number of rotatable bonds is 9. The van der Waals surface area contributed by atoms with E-state index in [-0.39, 0.29) is 5.91 Å². The van der Waals surface area contributed by atoms with Crippen LogP contribution in [-0.2, 0) is 17.8 Å². The zero-order valence-electron chi connectivity index (χ0n) is 14.8. The molecule has 0 saturated carbocycles. The fourth-order valence-electron chi connectivity index (χ4n) is 2.50. The van der Waals surface area contributed by atoms with Crippen LogP contribution >= 0.6 is 0 Å². The second-order valence-electron chi connectivity index (χ2n) is 5.55. The number of hydrogen-bond acceptors (Lipinski definition) is 5. The summed E-state index contributed by atoms with van der Waals surface area (Å²) in [4.78, 5) is 10.8. The molecule has 0 radical (unpaired) electrons. The van der Waals surface area contributed by atoms with Crippen LogP contribution in [0.3, 0.4) is 0 Å². The number of hydrogen-bond donors (Lipinski definition) is 2. The first-order valence-electron chi connectivity index (χ1n) is 7.97. The second kappa shape index (κ2) is 8.82. The predicted octanol–water partition coefficient (Wildman–Crippen LogP) is 2.74. The van der Waals surface area contributed by atoms with Crippen molar-refractivity contribution in [1.82, 2.24) is 0 Å². The lowest BCUT2D eigenvalue weighted by atomic mass is 10.1.